The molecule has 0 amide bonds. The van der Waals surface area contributed by atoms with Crippen LogP contribution in [0.5, 0.6) is 0 Å². The van der Waals surface area contributed by atoms with Gasteiger partial charge in [-0.25, -0.2) is 4.79 Å². The zero-order valence-electron chi connectivity index (χ0n) is 10.0. The first-order valence-corrected chi connectivity index (χ1v) is 5.19. The molecule has 2 N–H and O–H groups in total. The second kappa shape index (κ2) is 7.81. The van der Waals surface area contributed by atoms with Crippen molar-refractivity contribution >= 4 is 11.9 Å². The number of aliphatic hydroxyl groups excluding tert-OH is 2. The fraction of sp³-hybridized carbons (Fsp3) is 0.636. The number of hydrogen-bond donors (Lipinski definition) is 2. The normalized spacial score (nSPS) is 13.6. The van der Waals surface area contributed by atoms with Gasteiger partial charge in [0.2, 0.25) is 0 Å². The minimum absolute atomic E-state index is 0.0544. The van der Waals surface area contributed by atoms with E-state index in [2.05, 4.69) is 16.1 Å². The lowest BCUT2D eigenvalue weighted by Gasteiger charge is -2.09. The molecule has 6 heteroatoms. The standard InChI is InChI=1S/C11H18O6/c1-7(11(15)17-6-9(3)13)4-10(14)16-5-8(2)12/h8-9,12-13H,1,4-6H2,2-3H3. The summed E-state index contributed by atoms with van der Waals surface area (Å²) in [7, 11) is 0. The van der Waals surface area contributed by atoms with Gasteiger partial charge in [-0.05, 0) is 13.8 Å². The van der Waals surface area contributed by atoms with Crippen molar-refractivity contribution in [3.8, 4) is 0 Å². The summed E-state index contributed by atoms with van der Waals surface area (Å²) in [6.07, 6.45) is -1.82. The molecule has 0 bridgehead atoms. The first kappa shape index (κ1) is 15.6. The molecule has 0 fully saturated rings. The molecule has 0 aliphatic carbocycles. The van der Waals surface area contributed by atoms with Crippen molar-refractivity contribution in [2.24, 2.45) is 0 Å². The van der Waals surface area contributed by atoms with E-state index in [1.165, 1.54) is 13.8 Å². The largest absolute Gasteiger partial charge is 0.463 e. The second-order valence-corrected chi connectivity index (χ2v) is 3.76. The summed E-state index contributed by atoms with van der Waals surface area (Å²) in [6, 6.07) is 0. The Morgan fingerprint density at radius 3 is 2.06 bits per heavy atom. The summed E-state index contributed by atoms with van der Waals surface area (Å²) in [5.74, 6) is -1.41. The van der Waals surface area contributed by atoms with Gasteiger partial charge in [-0.1, -0.05) is 6.58 Å². The minimum Gasteiger partial charge on any atom is -0.463 e. The summed E-state index contributed by atoms with van der Waals surface area (Å²) in [4.78, 5) is 22.4. The van der Waals surface area contributed by atoms with Crippen LogP contribution in [0, 0.1) is 0 Å². The van der Waals surface area contributed by atoms with E-state index in [1.807, 2.05) is 0 Å². The number of hydrogen-bond acceptors (Lipinski definition) is 6. The Balaban J connectivity index is 3.91. The fourth-order valence-corrected chi connectivity index (χ4v) is 0.809. The van der Waals surface area contributed by atoms with Crippen molar-refractivity contribution in [2.45, 2.75) is 32.5 Å². The van der Waals surface area contributed by atoms with Crippen molar-refractivity contribution in [1.29, 1.82) is 0 Å². The molecule has 0 aliphatic rings. The van der Waals surface area contributed by atoms with Gasteiger partial charge in [0, 0.05) is 5.57 Å². The van der Waals surface area contributed by atoms with Gasteiger partial charge < -0.3 is 19.7 Å². The number of carbonyl (C=O) groups excluding carboxylic acids is 2. The van der Waals surface area contributed by atoms with Crippen LogP contribution in [-0.4, -0.2) is 47.6 Å². The zero-order valence-corrected chi connectivity index (χ0v) is 10.0. The van der Waals surface area contributed by atoms with Crippen LogP contribution in [0.2, 0.25) is 0 Å². The molecule has 0 heterocycles. The second-order valence-electron chi connectivity index (χ2n) is 3.76. The van der Waals surface area contributed by atoms with Gasteiger partial charge in [0.1, 0.15) is 13.2 Å². The molecule has 0 rings (SSSR count). The van der Waals surface area contributed by atoms with Crippen LogP contribution in [0.15, 0.2) is 12.2 Å². The van der Waals surface area contributed by atoms with E-state index in [-0.39, 0.29) is 25.2 Å². The smallest absolute Gasteiger partial charge is 0.334 e. The summed E-state index contributed by atoms with van der Waals surface area (Å²) in [5, 5.41) is 17.8. The molecule has 0 radical (unpaired) electrons. The number of ether oxygens (including phenoxy) is 2. The van der Waals surface area contributed by atoms with Crippen molar-refractivity contribution in [2.75, 3.05) is 13.2 Å². The average molecular weight is 246 g/mol. The SMILES string of the molecule is C=C(CC(=O)OCC(C)O)C(=O)OCC(C)O. The summed E-state index contributed by atoms with van der Waals surface area (Å²) in [5.41, 5.74) is -0.0544. The molecule has 0 aromatic heterocycles. The first-order chi connectivity index (χ1) is 7.82. The number of carbonyl (C=O) groups is 2. The lowest BCUT2D eigenvalue weighted by atomic mass is 10.2. The lowest BCUT2D eigenvalue weighted by molar-refractivity contribution is -0.148. The molecule has 17 heavy (non-hydrogen) atoms. The lowest BCUT2D eigenvalue weighted by Crippen LogP contribution is -2.20. The van der Waals surface area contributed by atoms with Crippen LogP contribution in [-0.2, 0) is 19.1 Å². The summed E-state index contributed by atoms with van der Waals surface area (Å²) >= 11 is 0. The van der Waals surface area contributed by atoms with E-state index in [0.717, 1.165) is 0 Å². The molecule has 2 unspecified atom stereocenters. The molecule has 0 aliphatic heterocycles. The van der Waals surface area contributed by atoms with E-state index in [4.69, 9.17) is 10.2 Å². The van der Waals surface area contributed by atoms with E-state index in [9.17, 15) is 9.59 Å². The van der Waals surface area contributed by atoms with Crippen LogP contribution in [0.4, 0.5) is 0 Å². The van der Waals surface area contributed by atoms with E-state index >= 15 is 0 Å². The molecule has 0 saturated heterocycles. The highest BCUT2D eigenvalue weighted by molar-refractivity contribution is 5.93. The number of rotatable bonds is 7. The number of aliphatic hydroxyl groups is 2. The molecule has 0 aromatic rings. The van der Waals surface area contributed by atoms with Crippen LogP contribution < -0.4 is 0 Å². The average Bonchev–Trinajstić information content (AvgIpc) is 2.22. The highest BCUT2D eigenvalue weighted by Gasteiger charge is 2.15. The molecule has 0 spiro atoms. The van der Waals surface area contributed by atoms with Gasteiger partial charge in [-0.15, -0.1) is 0 Å². The van der Waals surface area contributed by atoms with Crippen LogP contribution in [0.3, 0.4) is 0 Å². The molecule has 0 aromatic carbocycles. The zero-order chi connectivity index (χ0) is 13.4. The quantitative estimate of drug-likeness (QED) is 0.476. The van der Waals surface area contributed by atoms with Gasteiger partial charge in [-0.2, -0.15) is 0 Å². The Kier molecular flexibility index (Phi) is 7.16. The predicted molar refractivity (Wildman–Crippen MR) is 59.0 cm³/mol. The van der Waals surface area contributed by atoms with E-state index in [0.29, 0.717) is 0 Å². The maximum atomic E-state index is 11.2. The Labute approximate surface area is 99.8 Å². The maximum absolute atomic E-state index is 11.2. The highest BCUT2D eigenvalue weighted by atomic mass is 16.5. The molecule has 2 atom stereocenters. The summed E-state index contributed by atoms with van der Waals surface area (Å²) in [6.45, 7) is 6.03. The molecular formula is C11H18O6. The predicted octanol–water partition coefficient (Wildman–Crippen LogP) is -0.219. The van der Waals surface area contributed by atoms with Crippen LogP contribution in [0.1, 0.15) is 20.3 Å². The van der Waals surface area contributed by atoms with Gasteiger partial charge in [0.25, 0.3) is 0 Å². The molecular weight excluding hydrogens is 228 g/mol. The Morgan fingerprint density at radius 1 is 1.12 bits per heavy atom. The first-order valence-electron chi connectivity index (χ1n) is 5.19. The van der Waals surface area contributed by atoms with Gasteiger partial charge in [0.15, 0.2) is 0 Å². The maximum Gasteiger partial charge on any atom is 0.334 e. The van der Waals surface area contributed by atoms with E-state index in [1.54, 1.807) is 0 Å². The minimum atomic E-state index is -0.769. The Morgan fingerprint density at radius 2 is 1.59 bits per heavy atom. The molecule has 0 saturated carbocycles. The van der Waals surface area contributed by atoms with Crippen LogP contribution >= 0.6 is 0 Å². The number of esters is 2. The third kappa shape index (κ3) is 8.41. The Hall–Kier alpha value is -1.40. The van der Waals surface area contributed by atoms with Crippen LogP contribution in [0.25, 0.3) is 0 Å². The third-order valence-corrected chi connectivity index (χ3v) is 1.59. The van der Waals surface area contributed by atoms with E-state index < -0.39 is 24.1 Å². The van der Waals surface area contributed by atoms with Gasteiger partial charge in [-0.3, -0.25) is 4.79 Å². The highest BCUT2D eigenvalue weighted by Crippen LogP contribution is 2.04. The molecule has 6 nitrogen and oxygen atoms in total. The third-order valence-electron chi connectivity index (χ3n) is 1.59. The fourth-order valence-electron chi connectivity index (χ4n) is 0.809. The van der Waals surface area contributed by atoms with Crippen molar-refractivity contribution in [3.63, 3.8) is 0 Å². The van der Waals surface area contributed by atoms with Crippen molar-refractivity contribution < 1.29 is 29.3 Å². The summed E-state index contributed by atoms with van der Waals surface area (Å²) < 4.78 is 9.29. The Bertz CT molecular complexity index is 282. The topological polar surface area (TPSA) is 93.1 Å². The monoisotopic (exact) mass is 246 g/mol. The molecule has 98 valence electrons. The van der Waals surface area contributed by atoms with Crippen molar-refractivity contribution in [3.05, 3.63) is 12.2 Å². The van der Waals surface area contributed by atoms with Gasteiger partial charge in [0.05, 0.1) is 18.6 Å². The van der Waals surface area contributed by atoms with Crippen molar-refractivity contribution in [1.82, 2.24) is 0 Å². The van der Waals surface area contributed by atoms with Gasteiger partial charge >= 0.3 is 11.9 Å².